The van der Waals surface area contributed by atoms with E-state index in [2.05, 4.69) is 20.0 Å². The molecule has 2 heterocycles. The van der Waals surface area contributed by atoms with Crippen LogP contribution in [0.3, 0.4) is 0 Å². The van der Waals surface area contributed by atoms with Gasteiger partial charge in [-0.1, -0.05) is 0 Å². The number of aromatic nitrogens is 4. The predicted molar refractivity (Wildman–Crippen MR) is 46.3 cm³/mol. The minimum atomic E-state index is -4.75. The van der Waals surface area contributed by atoms with Crippen LogP contribution in [0.5, 0.6) is 0 Å². The van der Waals surface area contributed by atoms with E-state index < -0.39 is 6.36 Å². The maximum atomic E-state index is 11.7. The Morgan fingerprint density at radius 2 is 2.12 bits per heavy atom. The van der Waals surface area contributed by atoms with Crippen molar-refractivity contribution in [1.29, 1.82) is 0 Å². The summed E-state index contributed by atoms with van der Waals surface area (Å²) in [7, 11) is 0. The molecule has 0 aliphatic rings. The zero-order valence-electron chi connectivity index (χ0n) is 7.99. The summed E-state index contributed by atoms with van der Waals surface area (Å²) in [5.74, 6) is 0.813. The number of alkyl halides is 3. The van der Waals surface area contributed by atoms with Crippen molar-refractivity contribution in [2.24, 2.45) is 0 Å². The largest absolute Gasteiger partial charge is 0.543 e. The monoisotopic (exact) mass is 233 g/mol. The van der Waals surface area contributed by atoms with E-state index in [1.807, 2.05) is 0 Å². The maximum Gasteiger partial charge on any atom is 0.543 e. The lowest BCUT2D eigenvalue weighted by molar-refractivity contribution is -0.311. The van der Waals surface area contributed by atoms with Gasteiger partial charge in [0.2, 0.25) is 0 Å². The molecule has 0 saturated carbocycles. The Hall–Kier alpha value is -1.90. The van der Waals surface area contributed by atoms with Crippen LogP contribution in [0.1, 0.15) is 5.82 Å². The molecule has 0 saturated heterocycles. The van der Waals surface area contributed by atoms with E-state index in [-0.39, 0.29) is 5.69 Å². The molecule has 0 aliphatic carbocycles. The zero-order chi connectivity index (χ0) is 11.8. The van der Waals surface area contributed by atoms with Gasteiger partial charge in [0.15, 0.2) is 0 Å². The molecule has 0 unspecified atom stereocenters. The first kappa shape index (κ1) is 10.6. The van der Waals surface area contributed by atoms with Gasteiger partial charge in [-0.15, -0.1) is 23.4 Å². The standard InChI is InChI=1S/C7H6F3N5O/c1-4-12-13-6-11-2-5(3-15(4)6)14-16-7(8,9)10/h2-3,14H,1H3. The maximum absolute atomic E-state index is 11.7. The number of aryl methyl sites for hydroxylation is 1. The second kappa shape index (κ2) is 3.59. The SMILES string of the molecule is Cc1nnc2ncc(NOC(F)(F)F)cn12. The van der Waals surface area contributed by atoms with Gasteiger partial charge in [0.05, 0.1) is 11.9 Å². The molecule has 0 amide bonds. The first-order chi connectivity index (χ1) is 7.46. The fourth-order valence-corrected chi connectivity index (χ4v) is 1.07. The van der Waals surface area contributed by atoms with Crippen molar-refractivity contribution in [3.05, 3.63) is 18.2 Å². The van der Waals surface area contributed by atoms with Crippen molar-refractivity contribution < 1.29 is 18.0 Å². The highest BCUT2D eigenvalue weighted by Gasteiger charge is 2.30. The summed E-state index contributed by atoms with van der Waals surface area (Å²) in [5.41, 5.74) is 1.78. The topological polar surface area (TPSA) is 64.3 Å². The Bertz CT molecular complexity index is 508. The summed E-state index contributed by atoms with van der Waals surface area (Å²) in [6.07, 6.45) is -2.24. The molecule has 0 aliphatic heterocycles. The predicted octanol–water partition coefficient (Wildman–Crippen LogP) is 1.30. The number of fused-ring (bicyclic) bond motifs is 1. The minimum Gasteiger partial charge on any atom is -0.268 e. The number of anilines is 1. The number of rotatable bonds is 2. The van der Waals surface area contributed by atoms with Crippen LogP contribution in [0.15, 0.2) is 12.4 Å². The van der Waals surface area contributed by atoms with Crippen LogP contribution < -0.4 is 5.48 Å². The van der Waals surface area contributed by atoms with E-state index in [0.29, 0.717) is 11.6 Å². The van der Waals surface area contributed by atoms with Gasteiger partial charge >= 0.3 is 6.36 Å². The molecular weight excluding hydrogens is 227 g/mol. The molecule has 0 radical (unpaired) electrons. The number of hydrogen-bond acceptors (Lipinski definition) is 5. The van der Waals surface area contributed by atoms with Crippen molar-refractivity contribution >= 4 is 11.5 Å². The van der Waals surface area contributed by atoms with Crippen molar-refractivity contribution in [1.82, 2.24) is 19.6 Å². The van der Waals surface area contributed by atoms with E-state index in [4.69, 9.17) is 0 Å². The Balaban J connectivity index is 2.22. The second-order valence-electron chi connectivity index (χ2n) is 2.91. The lowest BCUT2D eigenvalue weighted by atomic mass is 10.5. The minimum absolute atomic E-state index is 0.0488. The van der Waals surface area contributed by atoms with Gasteiger partial charge in [0.1, 0.15) is 5.82 Å². The molecule has 16 heavy (non-hydrogen) atoms. The fourth-order valence-electron chi connectivity index (χ4n) is 1.07. The van der Waals surface area contributed by atoms with Gasteiger partial charge in [0.25, 0.3) is 5.78 Å². The molecule has 1 N–H and O–H groups in total. The van der Waals surface area contributed by atoms with E-state index in [9.17, 15) is 13.2 Å². The molecule has 86 valence electrons. The molecule has 2 aromatic rings. The highest BCUT2D eigenvalue weighted by atomic mass is 19.4. The van der Waals surface area contributed by atoms with E-state index in [1.54, 1.807) is 12.4 Å². The van der Waals surface area contributed by atoms with Crippen molar-refractivity contribution in [2.75, 3.05) is 5.48 Å². The third kappa shape index (κ3) is 2.19. The Labute approximate surface area is 87.0 Å². The number of hydrogen-bond donors (Lipinski definition) is 1. The van der Waals surface area contributed by atoms with Crippen LogP contribution in [0, 0.1) is 6.92 Å². The lowest BCUT2D eigenvalue weighted by Crippen LogP contribution is -2.18. The molecule has 9 heteroatoms. The molecule has 0 atom stereocenters. The van der Waals surface area contributed by atoms with Gasteiger partial charge in [-0.05, 0) is 6.92 Å². The summed E-state index contributed by atoms with van der Waals surface area (Å²) in [6, 6.07) is 0. The molecule has 2 rings (SSSR count). The number of nitrogens with one attached hydrogen (secondary N) is 1. The van der Waals surface area contributed by atoms with Gasteiger partial charge in [-0.25, -0.2) is 4.98 Å². The first-order valence-electron chi connectivity index (χ1n) is 4.14. The highest BCUT2D eigenvalue weighted by Crippen LogP contribution is 2.17. The molecular formula is C7H6F3N5O. The average molecular weight is 233 g/mol. The van der Waals surface area contributed by atoms with Crippen LogP contribution in [0.2, 0.25) is 0 Å². The Morgan fingerprint density at radius 1 is 1.38 bits per heavy atom. The lowest BCUT2D eigenvalue weighted by Gasteiger charge is -2.08. The summed E-state index contributed by atoms with van der Waals surface area (Å²) >= 11 is 0. The van der Waals surface area contributed by atoms with Crippen LogP contribution >= 0.6 is 0 Å². The highest BCUT2D eigenvalue weighted by molar-refractivity contribution is 5.41. The van der Waals surface area contributed by atoms with Gasteiger partial charge in [-0.3, -0.25) is 9.88 Å². The van der Waals surface area contributed by atoms with Gasteiger partial charge < -0.3 is 0 Å². The summed E-state index contributed by atoms with van der Waals surface area (Å²) in [6.45, 7) is 1.65. The van der Waals surface area contributed by atoms with Crippen LogP contribution in [-0.4, -0.2) is 25.9 Å². The molecule has 0 fully saturated rings. The third-order valence-corrected chi connectivity index (χ3v) is 1.72. The van der Waals surface area contributed by atoms with Gasteiger partial charge in [-0.2, -0.15) is 4.84 Å². The van der Waals surface area contributed by atoms with E-state index >= 15 is 0 Å². The molecule has 0 aromatic carbocycles. The molecule has 6 nitrogen and oxygen atoms in total. The van der Waals surface area contributed by atoms with Crippen molar-refractivity contribution in [3.63, 3.8) is 0 Å². The van der Waals surface area contributed by atoms with Gasteiger partial charge in [0, 0.05) is 6.20 Å². The summed E-state index contributed by atoms with van der Waals surface area (Å²) in [5, 5.41) is 7.38. The van der Waals surface area contributed by atoms with Crippen molar-refractivity contribution in [3.8, 4) is 0 Å². The summed E-state index contributed by atoms with van der Waals surface area (Å²) < 4.78 is 36.6. The van der Waals surface area contributed by atoms with E-state index in [1.165, 1.54) is 10.6 Å². The smallest absolute Gasteiger partial charge is 0.268 e. The van der Waals surface area contributed by atoms with Crippen LogP contribution in [-0.2, 0) is 4.84 Å². The third-order valence-electron chi connectivity index (χ3n) is 1.72. The van der Waals surface area contributed by atoms with Crippen LogP contribution in [0.25, 0.3) is 5.78 Å². The average Bonchev–Trinajstić information content (AvgIpc) is 2.56. The Kier molecular flexibility index (Phi) is 2.38. The van der Waals surface area contributed by atoms with E-state index in [0.717, 1.165) is 6.20 Å². The van der Waals surface area contributed by atoms with Crippen molar-refractivity contribution in [2.45, 2.75) is 13.3 Å². The zero-order valence-corrected chi connectivity index (χ0v) is 7.99. The number of nitrogens with zero attached hydrogens (tertiary/aromatic N) is 4. The Morgan fingerprint density at radius 3 is 2.81 bits per heavy atom. The molecule has 0 bridgehead atoms. The van der Waals surface area contributed by atoms with Crippen LogP contribution in [0.4, 0.5) is 18.9 Å². The fraction of sp³-hybridized carbons (Fsp3) is 0.286. The normalized spacial score (nSPS) is 12.0. The molecule has 2 aromatic heterocycles. The molecule has 0 spiro atoms. The first-order valence-corrected chi connectivity index (χ1v) is 4.14. The quantitative estimate of drug-likeness (QED) is 0.792. The number of halogens is 3. The second-order valence-corrected chi connectivity index (χ2v) is 2.91. The summed E-state index contributed by atoms with van der Waals surface area (Å²) in [4.78, 5) is 7.22.